The van der Waals surface area contributed by atoms with E-state index in [1.165, 1.54) is 11.1 Å². The Morgan fingerprint density at radius 1 is 1.45 bits per heavy atom. The second-order valence-corrected chi connectivity index (χ2v) is 5.79. The molecule has 20 heavy (non-hydrogen) atoms. The lowest BCUT2D eigenvalue weighted by Crippen LogP contribution is -2.43. The van der Waals surface area contributed by atoms with E-state index < -0.39 is 0 Å². The van der Waals surface area contributed by atoms with Crippen molar-refractivity contribution in [3.8, 4) is 0 Å². The molecule has 1 aliphatic heterocycles. The molecule has 2 N–H and O–H groups in total. The Morgan fingerprint density at radius 3 is 2.90 bits per heavy atom. The van der Waals surface area contributed by atoms with Gasteiger partial charge in [-0.2, -0.15) is 0 Å². The zero-order valence-corrected chi connectivity index (χ0v) is 12.6. The zero-order valence-electron chi connectivity index (χ0n) is 12.6. The molecular formula is C17H26N2O. The Morgan fingerprint density at radius 2 is 2.20 bits per heavy atom. The molecule has 110 valence electrons. The number of benzene rings is 1. The highest BCUT2D eigenvalue weighted by molar-refractivity contribution is 5.82. The molecular weight excluding hydrogens is 248 g/mol. The average molecular weight is 274 g/mol. The minimum absolute atomic E-state index is 0.129. The number of hydrogen-bond donors (Lipinski definition) is 1. The van der Waals surface area contributed by atoms with Gasteiger partial charge in [0.25, 0.3) is 0 Å². The number of rotatable bonds is 5. The number of nitrogens with two attached hydrogens (primary N) is 1. The minimum Gasteiger partial charge on any atom is -0.334 e. The Bertz CT molecular complexity index is 458. The van der Waals surface area contributed by atoms with Gasteiger partial charge in [0, 0.05) is 6.54 Å². The second kappa shape index (κ2) is 6.89. The van der Waals surface area contributed by atoms with E-state index in [1.807, 2.05) is 11.0 Å². The molecule has 0 aromatic heterocycles. The fourth-order valence-corrected chi connectivity index (χ4v) is 3.08. The van der Waals surface area contributed by atoms with Crippen molar-refractivity contribution in [3.63, 3.8) is 0 Å². The largest absolute Gasteiger partial charge is 0.334 e. The topological polar surface area (TPSA) is 46.3 Å². The van der Waals surface area contributed by atoms with Crippen LogP contribution in [0.25, 0.3) is 0 Å². The van der Waals surface area contributed by atoms with Crippen LogP contribution in [-0.2, 0) is 4.79 Å². The Hall–Kier alpha value is -1.35. The highest BCUT2D eigenvalue weighted by Gasteiger charge is 2.32. The van der Waals surface area contributed by atoms with Gasteiger partial charge in [-0.25, -0.2) is 0 Å². The van der Waals surface area contributed by atoms with Crippen LogP contribution < -0.4 is 5.73 Å². The van der Waals surface area contributed by atoms with Crippen molar-refractivity contribution in [2.24, 2.45) is 5.73 Å². The minimum atomic E-state index is -0.334. The highest BCUT2D eigenvalue weighted by Crippen LogP contribution is 2.34. The zero-order chi connectivity index (χ0) is 14.5. The molecule has 2 rings (SSSR count). The molecule has 0 aliphatic carbocycles. The number of likely N-dealkylation sites (tertiary alicyclic amines) is 1. The van der Waals surface area contributed by atoms with Crippen LogP contribution in [0, 0.1) is 6.92 Å². The van der Waals surface area contributed by atoms with Gasteiger partial charge in [0.05, 0.1) is 12.1 Å². The number of carbonyl (C=O) groups excluding carboxylic acids is 1. The van der Waals surface area contributed by atoms with Gasteiger partial charge >= 0.3 is 0 Å². The van der Waals surface area contributed by atoms with Crippen LogP contribution in [0.3, 0.4) is 0 Å². The van der Waals surface area contributed by atoms with Crippen LogP contribution in [-0.4, -0.2) is 23.4 Å². The third-order valence-corrected chi connectivity index (χ3v) is 4.27. The third kappa shape index (κ3) is 3.21. The van der Waals surface area contributed by atoms with E-state index in [2.05, 4.69) is 32.0 Å². The summed E-state index contributed by atoms with van der Waals surface area (Å²) in [6, 6.07) is 8.25. The van der Waals surface area contributed by atoms with Crippen molar-refractivity contribution in [2.45, 2.75) is 58.0 Å². The van der Waals surface area contributed by atoms with Gasteiger partial charge < -0.3 is 10.6 Å². The van der Waals surface area contributed by atoms with E-state index in [4.69, 9.17) is 5.73 Å². The molecule has 1 aliphatic rings. The first kappa shape index (κ1) is 15.0. The van der Waals surface area contributed by atoms with Crippen molar-refractivity contribution >= 4 is 5.91 Å². The fourth-order valence-electron chi connectivity index (χ4n) is 3.08. The lowest BCUT2D eigenvalue weighted by Gasteiger charge is -2.28. The fraction of sp³-hybridized carbons (Fsp3) is 0.588. The molecule has 1 aromatic carbocycles. The number of unbranched alkanes of at least 4 members (excludes halogenated alkanes) is 1. The summed E-state index contributed by atoms with van der Waals surface area (Å²) in [4.78, 5) is 14.5. The number of nitrogens with zero attached hydrogens (tertiary/aromatic N) is 1. The Kier molecular flexibility index (Phi) is 5.18. The van der Waals surface area contributed by atoms with E-state index in [-0.39, 0.29) is 18.0 Å². The second-order valence-electron chi connectivity index (χ2n) is 5.79. The van der Waals surface area contributed by atoms with Gasteiger partial charge in [-0.3, -0.25) is 4.79 Å². The SMILES string of the molecule is CCCC[C@H](N)C(=O)N1CCCC1c1ccccc1C. The van der Waals surface area contributed by atoms with Gasteiger partial charge in [-0.1, -0.05) is 44.0 Å². The molecule has 1 saturated heterocycles. The third-order valence-electron chi connectivity index (χ3n) is 4.27. The molecule has 1 unspecified atom stereocenters. The summed E-state index contributed by atoms with van der Waals surface area (Å²) in [7, 11) is 0. The summed E-state index contributed by atoms with van der Waals surface area (Å²) in [5.74, 6) is 0.129. The van der Waals surface area contributed by atoms with E-state index in [1.54, 1.807) is 0 Å². The monoisotopic (exact) mass is 274 g/mol. The number of aryl methyl sites for hydroxylation is 1. The first-order valence-corrected chi connectivity index (χ1v) is 7.76. The molecule has 3 heteroatoms. The van der Waals surface area contributed by atoms with Crippen molar-refractivity contribution in [1.82, 2.24) is 4.90 Å². The van der Waals surface area contributed by atoms with Crippen molar-refractivity contribution in [3.05, 3.63) is 35.4 Å². The van der Waals surface area contributed by atoms with Gasteiger partial charge in [0.1, 0.15) is 0 Å². The standard InChI is InChI=1S/C17H26N2O/c1-3-4-10-15(18)17(20)19-12-7-11-16(19)14-9-6-5-8-13(14)2/h5-6,8-9,15-16H,3-4,7,10-12,18H2,1-2H3/t15-,16?/m0/s1. The molecule has 0 saturated carbocycles. The summed E-state index contributed by atoms with van der Waals surface area (Å²) in [5, 5.41) is 0. The quantitative estimate of drug-likeness (QED) is 0.896. The Labute approximate surface area is 122 Å². The van der Waals surface area contributed by atoms with Crippen LogP contribution >= 0.6 is 0 Å². The first-order valence-electron chi connectivity index (χ1n) is 7.76. The molecule has 1 fully saturated rings. The van der Waals surface area contributed by atoms with Crippen molar-refractivity contribution in [2.75, 3.05) is 6.54 Å². The van der Waals surface area contributed by atoms with E-state index in [9.17, 15) is 4.79 Å². The van der Waals surface area contributed by atoms with Gasteiger partial charge in [-0.05, 0) is 37.3 Å². The van der Waals surface area contributed by atoms with Crippen molar-refractivity contribution < 1.29 is 4.79 Å². The van der Waals surface area contributed by atoms with Crippen molar-refractivity contribution in [1.29, 1.82) is 0 Å². The molecule has 1 heterocycles. The number of hydrogen-bond acceptors (Lipinski definition) is 2. The summed E-state index contributed by atoms with van der Waals surface area (Å²) >= 11 is 0. The maximum Gasteiger partial charge on any atom is 0.239 e. The summed E-state index contributed by atoms with van der Waals surface area (Å²) in [6.07, 6.45) is 5.03. The number of amides is 1. The maximum absolute atomic E-state index is 12.5. The van der Waals surface area contributed by atoms with Crippen LogP contribution in [0.1, 0.15) is 56.2 Å². The smallest absolute Gasteiger partial charge is 0.239 e. The predicted molar refractivity (Wildman–Crippen MR) is 82.4 cm³/mol. The molecule has 1 amide bonds. The lowest BCUT2D eigenvalue weighted by molar-refractivity contribution is -0.133. The molecule has 0 spiro atoms. The van der Waals surface area contributed by atoms with Gasteiger partial charge in [-0.15, -0.1) is 0 Å². The molecule has 3 nitrogen and oxygen atoms in total. The van der Waals surface area contributed by atoms with Crippen LogP contribution in [0.5, 0.6) is 0 Å². The highest BCUT2D eigenvalue weighted by atomic mass is 16.2. The molecule has 2 atom stereocenters. The number of carbonyl (C=O) groups is 1. The van der Waals surface area contributed by atoms with E-state index in [0.717, 1.165) is 38.6 Å². The van der Waals surface area contributed by atoms with Gasteiger partial charge in [0.2, 0.25) is 5.91 Å². The summed E-state index contributed by atoms with van der Waals surface area (Å²) < 4.78 is 0. The lowest BCUT2D eigenvalue weighted by atomic mass is 9.98. The van der Waals surface area contributed by atoms with E-state index >= 15 is 0 Å². The Balaban J connectivity index is 2.11. The molecule has 0 bridgehead atoms. The van der Waals surface area contributed by atoms with E-state index in [0.29, 0.717) is 0 Å². The van der Waals surface area contributed by atoms with Crippen LogP contribution in [0.2, 0.25) is 0 Å². The molecule has 1 aromatic rings. The summed E-state index contributed by atoms with van der Waals surface area (Å²) in [6.45, 7) is 5.09. The maximum atomic E-state index is 12.5. The van der Waals surface area contributed by atoms with Gasteiger partial charge in [0.15, 0.2) is 0 Å². The average Bonchev–Trinajstić information content (AvgIpc) is 2.93. The first-order chi connectivity index (χ1) is 9.65. The summed E-state index contributed by atoms with van der Waals surface area (Å²) in [5.41, 5.74) is 8.61. The predicted octanol–water partition coefficient (Wildman–Crippen LogP) is 3.18. The van der Waals surface area contributed by atoms with Crippen LogP contribution in [0.15, 0.2) is 24.3 Å². The molecule has 0 radical (unpaired) electrons. The normalized spacial score (nSPS) is 20.1. The van der Waals surface area contributed by atoms with Crippen LogP contribution in [0.4, 0.5) is 0 Å².